The van der Waals surface area contributed by atoms with Gasteiger partial charge < -0.3 is 4.74 Å². The second-order valence-corrected chi connectivity index (χ2v) is 9.74. The van der Waals surface area contributed by atoms with Gasteiger partial charge in [0.15, 0.2) is 11.6 Å². The Balaban J connectivity index is 1.43. The number of fused-ring (bicyclic) bond motifs is 1. The predicted octanol–water partition coefficient (Wildman–Crippen LogP) is 8.90. The molecule has 2 fully saturated rings. The molecule has 176 valence electrons. The molecule has 0 amide bonds. The van der Waals surface area contributed by atoms with Crippen LogP contribution in [0.4, 0.5) is 22.0 Å². The molecule has 0 unspecified atom stereocenters. The summed E-state index contributed by atoms with van der Waals surface area (Å²) in [6, 6.07) is 4.85. The van der Waals surface area contributed by atoms with Crippen molar-refractivity contribution >= 4 is 10.8 Å². The first-order chi connectivity index (χ1) is 15.2. The SMILES string of the molecule is CCCC1CCC(C2CCC(c3cc(F)c4cc(OC(F)(F)F)c(F)cc4c3)CC2)CC1. The number of halogens is 5. The van der Waals surface area contributed by atoms with Crippen molar-refractivity contribution < 1.29 is 26.7 Å². The molecule has 0 spiro atoms. The normalized spacial score (nSPS) is 26.9. The number of hydrogen-bond acceptors (Lipinski definition) is 1. The molecule has 2 aromatic rings. The van der Waals surface area contributed by atoms with Gasteiger partial charge in [0.05, 0.1) is 0 Å². The topological polar surface area (TPSA) is 9.23 Å². The molecule has 0 aliphatic heterocycles. The number of hydrogen-bond donors (Lipinski definition) is 0. The Labute approximate surface area is 186 Å². The Bertz CT molecular complexity index is 922. The first-order valence-electron chi connectivity index (χ1n) is 11.9. The molecule has 1 nitrogen and oxygen atoms in total. The van der Waals surface area contributed by atoms with Crippen LogP contribution in [0, 0.1) is 29.4 Å². The molecule has 0 atom stereocenters. The minimum absolute atomic E-state index is 0.0630. The van der Waals surface area contributed by atoms with Crippen LogP contribution in [0.25, 0.3) is 10.8 Å². The van der Waals surface area contributed by atoms with Gasteiger partial charge in [0.1, 0.15) is 5.82 Å². The van der Waals surface area contributed by atoms with Gasteiger partial charge in [-0.2, -0.15) is 0 Å². The zero-order valence-electron chi connectivity index (χ0n) is 18.5. The fraction of sp³-hybridized carbons (Fsp3) is 0.615. The second-order valence-electron chi connectivity index (χ2n) is 9.74. The monoisotopic (exact) mass is 454 g/mol. The molecule has 0 bridgehead atoms. The van der Waals surface area contributed by atoms with E-state index in [1.807, 2.05) is 0 Å². The van der Waals surface area contributed by atoms with E-state index in [0.29, 0.717) is 0 Å². The van der Waals surface area contributed by atoms with Crippen LogP contribution in [0.15, 0.2) is 24.3 Å². The molecule has 32 heavy (non-hydrogen) atoms. The summed E-state index contributed by atoms with van der Waals surface area (Å²) in [7, 11) is 0. The van der Waals surface area contributed by atoms with E-state index in [-0.39, 0.29) is 16.7 Å². The van der Waals surface area contributed by atoms with Crippen molar-refractivity contribution in [1.82, 2.24) is 0 Å². The van der Waals surface area contributed by atoms with Gasteiger partial charge in [-0.1, -0.05) is 38.7 Å². The molecule has 0 aromatic heterocycles. The minimum Gasteiger partial charge on any atom is -0.403 e. The lowest BCUT2D eigenvalue weighted by Gasteiger charge is -2.38. The average molecular weight is 455 g/mol. The van der Waals surface area contributed by atoms with Gasteiger partial charge in [-0.25, -0.2) is 8.78 Å². The fourth-order valence-electron chi connectivity index (χ4n) is 6.06. The van der Waals surface area contributed by atoms with Crippen molar-refractivity contribution in [1.29, 1.82) is 0 Å². The van der Waals surface area contributed by atoms with E-state index in [4.69, 9.17) is 0 Å². The summed E-state index contributed by atoms with van der Waals surface area (Å²) in [5, 5.41) is 0.204. The number of rotatable bonds is 5. The van der Waals surface area contributed by atoms with Crippen molar-refractivity contribution in [2.24, 2.45) is 17.8 Å². The summed E-state index contributed by atoms with van der Waals surface area (Å²) in [5.41, 5.74) is 0.809. The Kier molecular flexibility index (Phi) is 6.97. The standard InChI is InChI=1S/C26H31F5O/c1-2-3-16-4-6-17(7-5-16)18-8-10-19(11-9-18)20-12-21-14-24(28)25(32-26(29,30)31)15-22(21)23(27)13-20/h12-19H,2-11H2,1H3. The Morgan fingerprint density at radius 2 is 1.44 bits per heavy atom. The van der Waals surface area contributed by atoms with Crippen LogP contribution in [0.3, 0.4) is 0 Å². The summed E-state index contributed by atoms with van der Waals surface area (Å²) in [6.07, 6.45) is 7.13. The summed E-state index contributed by atoms with van der Waals surface area (Å²) in [6.45, 7) is 2.26. The highest BCUT2D eigenvalue weighted by molar-refractivity contribution is 5.85. The number of ether oxygens (including phenoxy) is 1. The molecule has 0 saturated heterocycles. The van der Waals surface area contributed by atoms with Crippen LogP contribution in [-0.2, 0) is 0 Å². The van der Waals surface area contributed by atoms with Crippen molar-refractivity contribution in [2.45, 2.75) is 83.4 Å². The zero-order chi connectivity index (χ0) is 22.9. The van der Waals surface area contributed by atoms with Gasteiger partial charge in [0.25, 0.3) is 0 Å². The molecule has 2 aromatic carbocycles. The van der Waals surface area contributed by atoms with Crippen molar-refractivity contribution in [3.05, 3.63) is 41.5 Å². The highest BCUT2D eigenvalue weighted by Gasteiger charge is 2.33. The molecule has 4 rings (SSSR count). The van der Waals surface area contributed by atoms with Gasteiger partial charge in [-0.3, -0.25) is 0 Å². The average Bonchev–Trinajstić information content (AvgIpc) is 2.75. The third-order valence-electron chi connectivity index (χ3n) is 7.70. The summed E-state index contributed by atoms with van der Waals surface area (Å²) in [4.78, 5) is 0. The molecule has 2 saturated carbocycles. The first-order valence-corrected chi connectivity index (χ1v) is 11.9. The van der Waals surface area contributed by atoms with E-state index in [9.17, 15) is 22.0 Å². The lowest BCUT2D eigenvalue weighted by atomic mass is 9.68. The van der Waals surface area contributed by atoms with Crippen LogP contribution >= 0.6 is 0 Å². The van der Waals surface area contributed by atoms with Gasteiger partial charge in [0.2, 0.25) is 0 Å². The minimum atomic E-state index is -5.03. The number of alkyl halides is 3. The van der Waals surface area contributed by atoms with Crippen LogP contribution in [0.2, 0.25) is 0 Å². The Morgan fingerprint density at radius 3 is 2.03 bits per heavy atom. The van der Waals surface area contributed by atoms with E-state index < -0.39 is 23.7 Å². The van der Waals surface area contributed by atoms with Gasteiger partial charge >= 0.3 is 6.36 Å². The molecule has 6 heteroatoms. The van der Waals surface area contributed by atoms with E-state index in [2.05, 4.69) is 11.7 Å². The van der Waals surface area contributed by atoms with Crippen LogP contribution in [0.5, 0.6) is 5.75 Å². The summed E-state index contributed by atoms with van der Waals surface area (Å²) < 4.78 is 70.0. The van der Waals surface area contributed by atoms with Gasteiger partial charge in [-0.05, 0) is 91.3 Å². The summed E-state index contributed by atoms with van der Waals surface area (Å²) in [5.74, 6) is -0.149. The van der Waals surface area contributed by atoms with Crippen LogP contribution < -0.4 is 4.74 Å². The van der Waals surface area contributed by atoms with E-state index >= 15 is 0 Å². The Morgan fingerprint density at radius 1 is 0.812 bits per heavy atom. The highest BCUT2D eigenvalue weighted by atomic mass is 19.4. The largest absolute Gasteiger partial charge is 0.573 e. The quantitative estimate of drug-likeness (QED) is 0.410. The van der Waals surface area contributed by atoms with Crippen molar-refractivity contribution in [2.75, 3.05) is 0 Å². The molecule has 2 aliphatic rings. The number of benzene rings is 2. The molecular weight excluding hydrogens is 423 g/mol. The smallest absolute Gasteiger partial charge is 0.403 e. The Hall–Kier alpha value is -1.85. The van der Waals surface area contributed by atoms with Crippen LogP contribution in [0.1, 0.15) is 82.6 Å². The van der Waals surface area contributed by atoms with E-state index in [1.54, 1.807) is 6.07 Å². The van der Waals surface area contributed by atoms with Crippen LogP contribution in [-0.4, -0.2) is 6.36 Å². The fourth-order valence-corrected chi connectivity index (χ4v) is 6.06. The lowest BCUT2D eigenvalue weighted by Crippen LogP contribution is -2.25. The third kappa shape index (κ3) is 5.37. The van der Waals surface area contributed by atoms with Crippen molar-refractivity contribution in [3.63, 3.8) is 0 Å². The summed E-state index contributed by atoms with van der Waals surface area (Å²) >= 11 is 0. The molecule has 0 N–H and O–H groups in total. The molecular formula is C26H31F5O. The highest BCUT2D eigenvalue weighted by Crippen LogP contribution is 2.45. The predicted molar refractivity (Wildman–Crippen MR) is 116 cm³/mol. The molecule has 0 radical (unpaired) electrons. The van der Waals surface area contributed by atoms with Gasteiger partial charge in [0, 0.05) is 5.39 Å². The first kappa shape index (κ1) is 23.3. The maximum absolute atomic E-state index is 14.8. The zero-order valence-corrected chi connectivity index (χ0v) is 18.5. The lowest BCUT2D eigenvalue weighted by molar-refractivity contribution is -0.275. The third-order valence-corrected chi connectivity index (χ3v) is 7.70. The maximum atomic E-state index is 14.8. The van der Waals surface area contributed by atoms with Crippen molar-refractivity contribution in [3.8, 4) is 5.75 Å². The molecule has 0 heterocycles. The van der Waals surface area contributed by atoms with E-state index in [1.165, 1.54) is 44.6 Å². The van der Waals surface area contributed by atoms with Gasteiger partial charge in [-0.15, -0.1) is 13.2 Å². The maximum Gasteiger partial charge on any atom is 0.573 e. The molecule has 2 aliphatic carbocycles. The van der Waals surface area contributed by atoms with E-state index in [0.717, 1.165) is 61.1 Å². The second kappa shape index (κ2) is 9.56.